The van der Waals surface area contributed by atoms with Gasteiger partial charge in [-0.3, -0.25) is 0 Å². The normalized spacial score (nSPS) is 13.0. The molecule has 3 atom stereocenters. The molecule has 1 aromatic carbocycles. The molecule has 0 saturated carbocycles. The maximum Gasteiger partial charge on any atom is 4.00 e. The zero-order chi connectivity index (χ0) is 24.1. The van der Waals surface area contributed by atoms with Gasteiger partial charge in [0.25, 0.3) is 0 Å². The summed E-state index contributed by atoms with van der Waals surface area (Å²) in [6.45, 7) is 11.7. The van der Waals surface area contributed by atoms with Crippen molar-refractivity contribution in [1.29, 1.82) is 0 Å². The molecule has 0 heterocycles. The van der Waals surface area contributed by atoms with Gasteiger partial charge < -0.3 is 17.2 Å². The van der Waals surface area contributed by atoms with Crippen LogP contribution in [0.3, 0.4) is 0 Å². The van der Waals surface area contributed by atoms with Crippen molar-refractivity contribution in [3.05, 3.63) is 47.5 Å². The van der Waals surface area contributed by atoms with Gasteiger partial charge >= 0.3 is 77.6 Å². The Balaban J connectivity index is -0.0000000884. The molecule has 30 heavy (non-hydrogen) atoms. The average molecular weight is 672 g/mol. The average Bonchev–Trinajstić information content (AvgIpc) is 3.12. The number of hydrogen-bond acceptors (Lipinski definition) is 0. The number of hydrogen-bond donors (Lipinski definition) is 0. The third kappa shape index (κ3) is 70.5. The Hall–Kier alpha value is 0.223. The molecule has 1 radical (unpaired) electrons. The summed E-state index contributed by atoms with van der Waals surface area (Å²) >= 11 is -4.06. The van der Waals surface area contributed by atoms with E-state index in [0.717, 1.165) is 19.3 Å². The van der Waals surface area contributed by atoms with Gasteiger partial charge in [0.1, 0.15) is 0 Å². The Morgan fingerprint density at radius 3 is 0.933 bits per heavy atom. The minimum absolute atomic E-state index is 0. The number of rotatable bonds is 3. The molecule has 0 saturated heterocycles. The fourth-order valence-electron chi connectivity index (χ4n) is 0.506. The summed E-state index contributed by atoms with van der Waals surface area (Å²) < 4.78 is 65.4. The SMILES string of the molecule is CCC(C)[NH-].CCC(C)[NH-].CCC(C)[NH-].F[C](F)(F)[GeH][C](F)(F)F.[Hf+4].c1cc[cH-]c1. The van der Waals surface area contributed by atoms with E-state index in [-0.39, 0.29) is 44.0 Å². The zero-order valence-electron chi connectivity index (χ0n) is 18.6. The van der Waals surface area contributed by atoms with Crippen LogP contribution >= 0.6 is 0 Å². The van der Waals surface area contributed by atoms with E-state index >= 15 is 0 Å². The Bertz CT molecular complexity index is 350. The molecular formula is C19H36F6GeHfN3. The minimum Gasteiger partial charge on any atom is -0.214 e. The predicted octanol–water partition coefficient (Wildman–Crippen LogP) is 8.38. The first-order valence-corrected chi connectivity index (χ1v) is 11.7. The van der Waals surface area contributed by atoms with Crippen molar-refractivity contribution in [3.8, 4) is 0 Å². The van der Waals surface area contributed by atoms with Crippen LogP contribution in [0.1, 0.15) is 60.8 Å². The molecule has 0 aliphatic carbocycles. The van der Waals surface area contributed by atoms with Crippen LogP contribution < -0.4 is 0 Å². The van der Waals surface area contributed by atoms with Crippen molar-refractivity contribution < 1.29 is 52.2 Å². The van der Waals surface area contributed by atoms with E-state index in [4.69, 9.17) is 17.2 Å². The van der Waals surface area contributed by atoms with Gasteiger partial charge in [0.15, 0.2) is 0 Å². The summed E-state index contributed by atoms with van der Waals surface area (Å²) in [5, 5.41) is -9.97. The maximum atomic E-state index is 10.9. The van der Waals surface area contributed by atoms with Gasteiger partial charge in [-0.2, -0.15) is 18.2 Å². The van der Waals surface area contributed by atoms with E-state index in [1.165, 1.54) is 0 Å². The monoisotopic (exact) mass is 674 g/mol. The fraction of sp³-hybridized carbons (Fsp3) is 0.737. The van der Waals surface area contributed by atoms with Crippen molar-refractivity contribution in [2.75, 3.05) is 0 Å². The molecule has 0 fully saturated rings. The molecule has 3 N–H and O–H groups in total. The summed E-state index contributed by atoms with van der Waals surface area (Å²) in [6, 6.07) is 10.4. The fourth-order valence-corrected chi connectivity index (χ4v) is 1.29. The van der Waals surface area contributed by atoms with Crippen LogP contribution in [0.5, 0.6) is 0 Å². The molecule has 0 aliphatic rings. The molecular weight excluding hydrogens is 635 g/mol. The molecule has 0 aliphatic heterocycles. The van der Waals surface area contributed by atoms with Crippen molar-refractivity contribution >= 4 is 15.4 Å². The molecule has 11 heteroatoms. The molecule has 1 aromatic rings. The van der Waals surface area contributed by atoms with Crippen molar-refractivity contribution in [2.24, 2.45) is 0 Å². The van der Waals surface area contributed by atoms with Crippen molar-refractivity contribution in [1.82, 2.24) is 0 Å². The summed E-state index contributed by atoms with van der Waals surface area (Å²) in [5.74, 6) is 0. The van der Waals surface area contributed by atoms with Gasteiger partial charge in [0.05, 0.1) is 0 Å². The second-order valence-electron chi connectivity index (χ2n) is 6.12. The van der Waals surface area contributed by atoms with Crippen LogP contribution in [0.4, 0.5) is 26.3 Å². The van der Waals surface area contributed by atoms with Crippen LogP contribution in [0.2, 0.25) is 0 Å². The molecule has 3 unspecified atom stereocenters. The van der Waals surface area contributed by atoms with Crippen LogP contribution in [-0.4, -0.2) is 43.6 Å². The number of nitrogens with one attached hydrogen (secondary N) is 3. The number of halogens is 6. The van der Waals surface area contributed by atoms with Gasteiger partial charge in [-0.15, -0.1) is 18.1 Å². The van der Waals surface area contributed by atoms with Crippen molar-refractivity contribution in [3.63, 3.8) is 0 Å². The molecule has 0 bridgehead atoms. The van der Waals surface area contributed by atoms with Gasteiger partial charge in [0.2, 0.25) is 0 Å². The van der Waals surface area contributed by atoms with Gasteiger partial charge in [0, 0.05) is 0 Å². The first-order chi connectivity index (χ1) is 13.0. The summed E-state index contributed by atoms with van der Waals surface area (Å²) in [7, 11) is 0. The zero-order valence-corrected chi connectivity index (χ0v) is 24.6. The summed E-state index contributed by atoms with van der Waals surface area (Å²) in [4.78, 5) is 0. The van der Waals surface area contributed by atoms with E-state index in [1.54, 1.807) is 0 Å². The molecule has 177 valence electrons. The van der Waals surface area contributed by atoms with Crippen LogP contribution in [0, 0.1) is 0 Å². The Morgan fingerprint density at radius 1 is 0.700 bits per heavy atom. The quantitative estimate of drug-likeness (QED) is 0.176. The number of alkyl halides is 6. The minimum atomic E-state index is -4.98. The van der Waals surface area contributed by atoms with Crippen LogP contribution in [-0.2, 0) is 25.8 Å². The molecule has 0 amide bonds. The second kappa shape index (κ2) is 25.5. The largest absolute Gasteiger partial charge is 4.00 e. The first-order valence-electron chi connectivity index (χ1n) is 9.32. The summed E-state index contributed by atoms with van der Waals surface area (Å²) in [5.41, 5.74) is 20.5. The first kappa shape index (κ1) is 40.6. The molecule has 0 spiro atoms. The van der Waals surface area contributed by atoms with Gasteiger partial charge in [-0.1, -0.05) is 60.8 Å². The van der Waals surface area contributed by atoms with Gasteiger partial charge in [-0.25, -0.2) is 12.1 Å². The Labute approximate surface area is 203 Å². The Morgan fingerprint density at radius 2 is 0.900 bits per heavy atom. The molecule has 0 aromatic heterocycles. The van der Waals surface area contributed by atoms with Crippen molar-refractivity contribution in [2.45, 2.75) is 88.9 Å². The van der Waals surface area contributed by atoms with Crippen LogP contribution in [0.15, 0.2) is 30.3 Å². The summed E-state index contributed by atoms with van der Waals surface area (Å²) in [6.07, 6.45) is 2.92. The molecule has 3 nitrogen and oxygen atoms in total. The van der Waals surface area contributed by atoms with E-state index < -0.39 is 25.4 Å². The standard InChI is InChI=1S/C5H5.3C4H10N.C2HF6Ge.Hf/c1-2-4-5-3-1;3*1-3-4(2)5;3-1(4,5)9-2(6,7)8;/h1-5H;3*4-5H,3H2,1-2H3;9H;/q4*-1;;+4. The van der Waals surface area contributed by atoms with Gasteiger partial charge in [-0.05, 0) is 0 Å². The molecule has 1 rings (SSSR count). The van der Waals surface area contributed by atoms with E-state index in [1.807, 2.05) is 71.9 Å². The van der Waals surface area contributed by atoms with E-state index in [9.17, 15) is 26.3 Å². The third-order valence-electron chi connectivity index (χ3n) is 2.72. The van der Waals surface area contributed by atoms with Crippen LogP contribution in [0.25, 0.3) is 17.2 Å². The van der Waals surface area contributed by atoms with E-state index in [0.29, 0.717) is 0 Å². The van der Waals surface area contributed by atoms with E-state index in [2.05, 4.69) is 0 Å². The predicted molar refractivity (Wildman–Crippen MR) is 114 cm³/mol. The Kier molecular flexibility index (Phi) is 34.5. The topological polar surface area (TPSA) is 71.4 Å². The maximum absolute atomic E-state index is 10.9. The second-order valence-corrected chi connectivity index (χ2v) is 9.47. The third-order valence-corrected chi connectivity index (χ3v) is 4.09. The smallest absolute Gasteiger partial charge is 0.214 e.